The Labute approximate surface area is 120 Å². The summed E-state index contributed by atoms with van der Waals surface area (Å²) in [6, 6.07) is 6.46. The van der Waals surface area contributed by atoms with Crippen LogP contribution in [0.5, 0.6) is 11.5 Å². The Morgan fingerprint density at radius 2 is 2.19 bits per heavy atom. The molecule has 0 bridgehead atoms. The second kappa shape index (κ2) is 6.27. The molecule has 0 amide bonds. The van der Waals surface area contributed by atoms with Crippen molar-refractivity contribution in [2.75, 3.05) is 0 Å². The van der Waals surface area contributed by atoms with E-state index in [2.05, 4.69) is 4.98 Å². The topological polar surface area (TPSA) is 85.5 Å². The number of ether oxygens (including phenoxy) is 1. The number of aromatic nitrogens is 1. The van der Waals surface area contributed by atoms with Crippen LogP contribution in [0.3, 0.4) is 0 Å². The van der Waals surface area contributed by atoms with E-state index in [-0.39, 0.29) is 5.75 Å². The zero-order valence-corrected chi connectivity index (χ0v) is 11.2. The number of nitro groups is 1. The van der Waals surface area contributed by atoms with Crippen LogP contribution in [0.4, 0.5) is 10.1 Å². The molecule has 7 heteroatoms. The fourth-order valence-corrected chi connectivity index (χ4v) is 1.72. The number of aliphatic hydroxyl groups excluding tert-OH is 1. The summed E-state index contributed by atoms with van der Waals surface area (Å²) in [5.41, 5.74) is -0.0134. The maximum Gasteiger partial charge on any atom is 0.314 e. The van der Waals surface area contributed by atoms with Crippen LogP contribution in [0.2, 0.25) is 0 Å². The molecule has 0 unspecified atom stereocenters. The Hall–Kier alpha value is -2.54. The van der Waals surface area contributed by atoms with E-state index in [4.69, 9.17) is 4.74 Å². The summed E-state index contributed by atoms with van der Waals surface area (Å²) in [5.74, 6) is -1.15. The summed E-state index contributed by atoms with van der Waals surface area (Å²) in [5, 5.41) is 20.5. The predicted molar refractivity (Wildman–Crippen MR) is 72.6 cm³/mol. The van der Waals surface area contributed by atoms with Crippen LogP contribution in [-0.4, -0.2) is 15.0 Å². The van der Waals surface area contributed by atoms with E-state index in [1.807, 2.05) is 0 Å². The average Bonchev–Trinajstić information content (AvgIpc) is 2.49. The van der Waals surface area contributed by atoms with Crippen LogP contribution in [0.25, 0.3) is 0 Å². The molecule has 0 saturated heterocycles. The van der Waals surface area contributed by atoms with E-state index in [1.54, 1.807) is 6.92 Å². The lowest BCUT2D eigenvalue weighted by Crippen LogP contribution is -1.99. The van der Waals surface area contributed by atoms with Gasteiger partial charge in [0, 0.05) is 6.07 Å². The molecule has 0 spiro atoms. The third kappa shape index (κ3) is 3.32. The highest BCUT2D eigenvalue weighted by Crippen LogP contribution is 2.33. The predicted octanol–water partition coefficient (Wildman–Crippen LogP) is 3.36. The van der Waals surface area contributed by atoms with Crippen molar-refractivity contribution < 1.29 is 19.2 Å². The zero-order chi connectivity index (χ0) is 15.4. The zero-order valence-electron chi connectivity index (χ0n) is 11.2. The van der Waals surface area contributed by atoms with E-state index >= 15 is 0 Å². The fraction of sp³-hybridized carbons (Fsp3) is 0.214. The summed E-state index contributed by atoms with van der Waals surface area (Å²) in [7, 11) is 0. The SMILES string of the molecule is CC[C@H](O)c1ccc(Oc2c(F)cccc2[N+](=O)[O-])cn1. The molecule has 2 rings (SSSR count). The number of rotatable bonds is 5. The molecule has 110 valence electrons. The van der Waals surface area contributed by atoms with Crippen LogP contribution in [0, 0.1) is 15.9 Å². The third-order valence-corrected chi connectivity index (χ3v) is 2.85. The number of halogens is 1. The molecule has 1 aromatic carbocycles. The second-order valence-electron chi connectivity index (χ2n) is 4.29. The maximum atomic E-state index is 13.7. The molecule has 0 fully saturated rings. The van der Waals surface area contributed by atoms with E-state index < -0.39 is 28.3 Å². The highest BCUT2D eigenvalue weighted by atomic mass is 19.1. The molecular formula is C14H13FN2O4. The van der Waals surface area contributed by atoms with Gasteiger partial charge in [-0.2, -0.15) is 0 Å². The Morgan fingerprint density at radius 3 is 2.76 bits per heavy atom. The van der Waals surface area contributed by atoms with Gasteiger partial charge < -0.3 is 9.84 Å². The van der Waals surface area contributed by atoms with Crippen LogP contribution in [-0.2, 0) is 0 Å². The van der Waals surface area contributed by atoms with Gasteiger partial charge in [-0.3, -0.25) is 15.1 Å². The number of para-hydroxylation sites is 1. The van der Waals surface area contributed by atoms with Crippen molar-refractivity contribution in [3.05, 3.63) is 58.2 Å². The second-order valence-corrected chi connectivity index (χ2v) is 4.29. The van der Waals surface area contributed by atoms with E-state index in [9.17, 15) is 19.6 Å². The van der Waals surface area contributed by atoms with Gasteiger partial charge in [-0.05, 0) is 24.6 Å². The molecule has 1 N–H and O–H groups in total. The van der Waals surface area contributed by atoms with Gasteiger partial charge in [0.1, 0.15) is 5.75 Å². The lowest BCUT2D eigenvalue weighted by molar-refractivity contribution is -0.385. The van der Waals surface area contributed by atoms with E-state index in [1.165, 1.54) is 24.4 Å². The Bertz CT molecular complexity index is 646. The smallest absolute Gasteiger partial charge is 0.314 e. The quantitative estimate of drug-likeness (QED) is 0.674. The van der Waals surface area contributed by atoms with Crippen molar-refractivity contribution >= 4 is 5.69 Å². The van der Waals surface area contributed by atoms with Crippen molar-refractivity contribution in [3.63, 3.8) is 0 Å². The van der Waals surface area contributed by atoms with Crippen LogP contribution < -0.4 is 4.74 Å². The molecule has 0 radical (unpaired) electrons. The first-order chi connectivity index (χ1) is 10.0. The molecule has 0 saturated carbocycles. The minimum atomic E-state index is -0.832. The first kappa shape index (κ1) is 14.9. The van der Waals surface area contributed by atoms with Gasteiger partial charge in [0.25, 0.3) is 0 Å². The highest BCUT2D eigenvalue weighted by molar-refractivity contribution is 5.49. The minimum Gasteiger partial charge on any atom is -0.445 e. The molecule has 1 atom stereocenters. The maximum absolute atomic E-state index is 13.7. The minimum absolute atomic E-state index is 0.148. The summed E-state index contributed by atoms with van der Waals surface area (Å²) in [6.07, 6.45) is 1.10. The molecule has 0 aliphatic rings. The molecule has 0 aliphatic carbocycles. The average molecular weight is 292 g/mol. The molecule has 0 aliphatic heterocycles. The van der Waals surface area contributed by atoms with Crippen molar-refractivity contribution in [3.8, 4) is 11.5 Å². The standard InChI is InChI=1S/C14H13FN2O4/c1-2-13(18)11-7-6-9(8-16-11)21-14-10(15)4-3-5-12(14)17(19)20/h3-8,13,18H,2H2,1H3/t13-/m0/s1. The normalized spacial score (nSPS) is 12.0. The van der Waals surface area contributed by atoms with Gasteiger partial charge in [0.15, 0.2) is 5.82 Å². The van der Waals surface area contributed by atoms with E-state index in [0.29, 0.717) is 12.1 Å². The third-order valence-electron chi connectivity index (χ3n) is 2.85. The largest absolute Gasteiger partial charge is 0.445 e. The Kier molecular flexibility index (Phi) is 4.44. The number of aliphatic hydroxyl groups is 1. The van der Waals surface area contributed by atoms with Crippen LogP contribution in [0.1, 0.15) is 25.1 Å². The molecule has 1 heterocycles. The van der Waals surface area contributed by atoms with Gasteiger partial charge >= 0.3 is 5.69 Å². The number of nitrogens with zero attached hydrogens (tertiary/aromatic N) is 2. The van der Waals surface area contributed by atoms with Gasteiger partial charge in [-0.25, -0.2) is 4.39 Å². The molecular weight excluding hydrogens is 279 g/mol. The molecule has 21 heavy (non-hydrogen) atoms. The summed E-state index contributed by atoms with van der Waals surface area (Å²) in [6.45, 7) is 1.81. The Morgan fingerprint density at radius 1 is 1.43 bits per heavy atom. The fourth-order valence-electron chi connectivity index (χ4n) is 1.72. The van der Waals surface area contributed by atoms with Gasteiger partial charge in [-0.15, -0.1) is 0 Å². The molecule has 1 aromatic heterocycles. The number of nitro benzene ring substituents is 1. The van der Waals surface area contributed by atoms with Crippen molar-refractivity contribution in [1.29, 1.82) is 0 Å². The first-order valence-corrected chi connectivity index (χ1v) is 6.27. The summed E-state index contributed by atoms with van der Waals surface area (Å²) in [4.78, 5) is 14.1. The van der Waals surface area contributed by atoms with Crippen LogP contribution in [0.15, 0.2) is 36.5 Å². The van der Waals surface area contributed by atoms with Crippen molar-refractivity contribution in [1.82, 2.24) is 4.98 Å². The molecule has 2 aromatic rings. The first-order valence-electron chi connectivity index (χ1n) is 6.27. The van der Waals surface area contributed by atoms with Crippen molar-refractivity contribution in [2.24, 2.45) is 0 Å². The van der Waals surface area contributed by atoms with Gasteiger partial charge in [0.05, 0.1) is 22.9 Å². The summed E-state index contributed by atoms with van der Waals surface area (Å²) < 4.78 is 18.9. The van der Waals surface area contributed by atoms with Crippen molar-refractivity contribution in [2.45, 2.75) is 19.4 Å². The highest BCUT2D eigenvalue weighted by Gasteiger charge is 2.20. The number of benzene rings is 1. The summed E-state index contributed by atoms with van der Waals surface area (Å²) >= 11 is 0. The molecule has 6 nitrogen and oxygen atoms in total. The number of pyridine rings is 1. The number of hydrogen-bond acceptors (Lipinski definition) is 5. The Balaban J connectivity index is 2.28. The van der Waals surface area contributed by atoms with E-state index in [0.717, 1.165) is 12.1 Å². The van der Waals surface area contributed by atoms with Crippen LogP contribution >= 0.6 is 0 Å². The number of hydrogen-bond donors (Lipinski definition) is 1. The van der Waals surface area contributed by atoms with Gasteiger partial charge in [0.2, 0.25) is 5.75 Å². The van der Waals surface area contributed by atoms with Gasteiger partial charge in [-0.1, -0.05) is 13.0 Å². The monoisotopic (exact) mass is 292 g/mol. The lowest BCUT2D eigenvalue weighted by Gasteiger charge is -2.09. The lowest BCUT2D eigenvalue weighted by atomic mass is 10.2.